The van der Waals surface area contributed by atoms with Crippen molar-refractivity contribution in [3.8, 4) is 17.2 Å². The summed E-state index contributed by atoms with van der Waals surface area (Å²) in [6, 6.07) is 3.70. The number of benzene rings is 2. The maximum atomic E-state index is 14.4. The number of phenols is 3. The number of aliphatic hydroxyl groups is 3. The highest BCUT2D eigenvalue weighted by Gasteiger charge is 2.65. The topological polar surface area (TPSA) is 200 Å². The second-order valence-electron chi connectivity index (χ2n) is 10.2. The second kappa shape index (κ2) is 9.28. The number of ether oxygens (including phenoxy) is 3. The van der Waals surface area contributed by atoms with Crippen molar-refractivity contribution in [2.75, 3.05) is 7.11 Å². The molecule has 6 N–H and O–H groups in total. The lowest BCUT2D eigenvalue weighted by Crippen LogP contribution is -2.65. The van der Waals surface area contributed by atoms with E-state index in [1.807, 2.05) is 0 Å². The maximum Gasteiger partial charge on any atom is 0.207 e. The van der Waals surface area contributed by atoms with Crippen molar-refractivity contribution in [2.24, 2.45) is 5.92 Å². The summed E-state index contributed by atoms with van der Waals surface area (Å²) < 4.78 is 17.2. The summed E-state index contributed by atoms with van der Waals surface area (Å²) in [6.45, 7) is 2.49. The monoisotopic (exact) mass is 544 g/mol. The fourth-order valence-electron chi connectivity index (χ4n) is 6.04. The van der Waals surface area contributed by atoms with Crippen molar-refractivity contribution in [2.45, 2.75) is 63.0 Å². The van der Waals surface area contributed by atoms with E-state index in [9.17, 15) is 45.0 Å². The minimum Gasteiger partial charge on any atom is -0.508 e. The molecule has 0 saturated carbocycles. The molecule has 208 valence electrons. The number of hydrogen-bond acceptors (Lipinski definition) is 12. The molecule has 0 bridgehead atoms. The molecule has 0 radical (unpaired) electrons. The number of Topliss-reactive ketones (excluding diaryl/α,β-unsaturated/α-hetero) is 3. The lowest BCUT2D eigenvalue weighted by Gasteiger charge is -2.50. The molecule has 1 aliphatic heterocycles. The van der Waals surface area contributed by atoms with Gasteiger partial charge in [-0.2, -0.15) is 0 Å². The van der Waals surface area contributed by atoms with Crippen LogP contribution in [0.25, 0.3) is 10.8 Å². The van der Waals surface area contributed by atoms with Crippen molar-refractivity contribution in [1.82, 2.24) is 0 Å². The van der Waals surface area contributed by atoms with Crippen molar-refractivity contribution in [1.29, 1.82) is 0 Å². The highest BCUT2D eigenvalue weighted by molar-refractivity contribution is 6.25. The van der Waals surface area contributed by atoms with Crippen molar-refractivity contribution in [3.05, 3.63) is 40.7 Å². The van der Waals surface area contributed by atoms with Crippen LogP contribution in [0.15, 0.2) is 29.5 Å². The maximum absolute atomic E-state index is 14.4. The second-order valence-corrected chi connectivity index (χ2v) is 10.2. The summed E-state index contributed by atoms with van der Waals surface area (Å²) in [6.07, 6.45) is -6.85. The van der Waals surface area contributed by atoms with Gasteiger partial charge in [-0.25, -0.2) is 0 Å². The molecular weight excluding hydrogens is 516 g/mol. The first-order valence-electron chi connectivity index (χ1n) is 12.3. The van der Waals surface area contributed by atoms with E-state index in [1.54, 1.807) is 0 Å². The lowest BCUT2D eigenvalue weighted by molar-refractivity contribution is -0.281. The Morgan fingerprint density at radius 2 is 1.79 bits per heavy atom. The van der Waals surface area contributed by atoms with Gasteiger partial charge >= 0.3 is 0 Å². The third-order valence-corrected chi connectivity index (χ3v) is 7.84. The smallest absolute Gasteiger partial charge is 0.207 e. The van der Waals surface area contributed by atoms with Gasteiger partial charge in [0.05, 0.1) is 23.2 Å². The van der Waals surface area contributed by atoms with E-state index in [0.717, 1.165) is 13.0 Å². The Morgan fingerprint density at radius 3 is 2.41 bits per heavy atom. The molecule has 1 saturated heterocycles. The lowest BCUT2D eigenvalue weighted by atomic mass is 9.62. The molecule has 3 aliphatic rings. The normalized spacial score (nSPS) is 32.7. The zero-order valence-corrected chi connectivity index (χ0v) is 21.2. The number of carbonyl (C=O) groups is 3. The van der Waals surface area contributed by atoms with Gasteiger partial charge in [0.25, 0.3) is 0 Å². The van der Waals surface area contributed by atoms with Crippen LogP contribution in [0, 0.1) is 5.92 Å². The molecular formula is C27H28O12. The van der Waals surface area contributed by atoms with Gasteiger partial charge in [0, 0.05) is 25.5 Å². The first-order chi connectivity index (χ1) is 18.3. The molecule has 1 unspecified atom stereocenters. The van der Waals surface area contributed by atoms with Gasteiger partial charge in [-0.05, 0) is 43.4 Å². The van der Waals surface area contributed by atoms with Crippen LogP contribution in [0.1, 0.15) is 36.2 Å². The van der Waals surface area contributed by atoms with E-state index < -0.39 is 82.4 Å². The fraction of sp³-hybridized carbons (Fsp3) is 0.444. The Hall–Kier alpha value is -3.55. The first-order valence-corrected chi connectivity index (χ1v) is 12.3. The molecule has 2 aliphatic carbocycles. The van der Waals surface area contributed by atoms with Gasteiger partial charge in [0.15, 0.2) is 23.5 Å². The van der Waals surface area contributed by atoms with Crippen molar-refractivity contribution < 1.29 is 59.2 Å². The zero-order valence-electron chi connectivity index (χ0n) is 21.2. The van der Waals surface area contributed by atoms with Crippen LogP contribution >= 0.6 is 0 Å². The zero-order chi connectivity index (χ0) is 28.5. The Labute approximate surface area is 221 Å². The van der Waals surface area contributed by atoms with Crippen LogP contribution in [-0.2, 0) is 30.2 Å². The third-order valence-electron chi connectivity index (χ3n) is 7.84. The fourth-order valence-corrected chi connectivity index (χ4v) is 6.04. The van der Waals surface area contributed by atoms with Gasteiger partial charge in [-0.3, -0.25) is 14.4 Å². The summed E-state index contributed by atoms with van der Waals surface area (Å²) in [5.41, 5.74) is -3.33. The standard InChI is InChI=1S/C27H28O12/c1-9(28)18-23(34)24(37-3)14-6-12-4-11-5-13(29)7-15(30)19(11)22(33)20(12)26(36)27(14,25(18)35)39-17-8-16(31)21(32)10(2)38-17/h4-5,7,10,14,16-17,21,24,29-33,35H,6,8H2,1-3H3/t10-,14?,16-,17+,21-,24+,27-/m1/s1. The summed E-state index contributed by atoms with van der Waals surface area (Å²) in [5, 5.41) is 63.6. The molecule has 2 aromatic rings. The molecule has 1 heterocycles. The van der Waals surface area contributed by atoms with Crippen LogP contribution in [0.3, 0.4) is 0 Å². The van der Waals surface area contributed by atoms with Crippen LogP contribution in [-0.4, -0.2) is 91.4 Å². The average Bonchev–Trinajstić information content (AvgIpc) is 2.83. The van der Waals surface area contributed by atoms with Crippen LogP contribution in [0.4, 0.5) is 0 Å². The molecule has 7 atom stereocenters. The van der Waals surface area contributed by atoms with Gasteiger partial charge in [-0.15, -0.1) is 0 Å². The van der Waals surface area contributed by atoms with E-state index >= 15 is 0 Å². The van der Waals surface area contributed by atoms with E-state index in [-0.39, 0.29) is 40.5 Å². The molecule has 1 fully saturated rings. The summed E-state index contributed by atoms with van der Waals surface area (Å²) in [4.78, 5) is 40.2. The van der Waals surface area contributed by atoms with Crippen LogP contribution < -0.4 is 0 Å². The number of hydrogen-bond donors (Lipinski definition) is 6. The van der Waals surface area contributed by atoms with Crippen LogP contribution in [0.5, 0.6) is 17.2 Å². The number of aromatic hydroxyl groups is 3. The predicted molar refractivity (Wildman–Crippen MR) is 131 cm³/mol. The molecule has 0 aromatic heterocycles. The number of methoxy groups -OCH3 is 1. The first kappa shape index (κ1) is 27.0. The quantitative estimate of drug-likeness (QED) is 0.298. The van der Waals surface area contributed by atoms with Crippen LogP contribution in [0.2, 0.25) is 0 Å². The van der Waals surface area contributed by atoms with Gasteiger partial charge in [0.2, 0.25) is 5.78 Å². The summed E-state index contributed by atoms with van der Waals surface area (Å²) in [7, 11) is 1.20. The SMILES string of the molecule is CO[C@@H]1C(=O)C(C(C)=O)=C(O)[C@@]2(O[C@H]3C[C@@H](O)[C@H](O)[C@@H](C)O3)C(=O)c3c(cc4cc(O)cc(O)c4c3O)CC12. The molecule has 0 spiro atoms. The number of ketones is 3. The molecule has 5 rings (SSSR count). The number of phenolic OH excluding ortho intramolecular Hbond substituents is 3. The number of fused-ring (bicyclic) bond motifs is 3. The molecule has 39 heavy (non-hydrogen) atoms. The Morgan fingerprint density at radius 1 is 1.10 bits per heavy atom. The van der Waals surface area contributed by atoms with E-state index in [0.29, 0.717) is 0 Å². The van der Waals surface area contributed by atoms with Gasteiger partial charge in [-0.1, -0.05) is 0 Å². The van der Waals surface area contributed by atoms with E-state index in [1.165, 1.54) is 26.2 Å². The Kier molecular flexibility index (Phi) is 6.43. The average molecular weight is 545 g/mol. The molecule has 12 heteroatoms. The van der Waals surface area contributed by atoms with Gasteiger partial charge in [0.1, 0.15) is 40.8 Å². The summed E-state index contributed by atoms with van der Waals surface area (Å²) >= 11 is 0. The minimum absolute atomic E-state index is 0.153. The largest absolute Gasteiger partial charge is 0.508 e. The van der Waals surface area contributed by atoms with E-state index in [4.69, 9.17) is 14.2 Å². The predicted octanol–water partition coefficient (Wildman–Crippen LogP) is 0.923. The van der Waals surface area contributed by atoms with E-state index in [2.05, 4.69) is 0 Å². The highest BCUT2D eigenvalue weighted by atomic mass is 16.7. The van der Waals surface area contributed by atoms with Crippen molar-refractivity contribution >= 4 is 28.1 Å². The Bertz CT molecular complexity index is 1430. The minimum atomic E-state index is -2.48. The van der Waals surface area contributed by atoms with Crippen molar-refractivity contribution in [3.63, 3.8) is 0 Å². The highest BCUT2D eigenvalue weighted by Crippen LogP contribution is 2.52. The molecule has 2 aromatic carbocycles. The number of aliphatic hydroxyl groups excluding tert-OH is 3. The number of rotatable bonds is 4. The Balaban J connectivity index is 1.78. The number of carbonyl (C=O) groups excluding carboxylic acids is 3. The molecule has 0 amide bonds. The molecule has 12 nitrogen and oxygen atoms in total. The summed E-state index contributed by atoms with van der Waals surface area (Å²) in [5.74, 6) is -6.48. The third kappa shape index (κ3) is 3.82. The van der Waals surface area contributed by atoms with Gasteiger partial charge < -0.3 is 44.8 Å².